The average molecular weight is 532 g/mol. The van der Waals surface area contributed by atoms with Gasteiger partial charge in [0.05, 0.1) is 17.1 Å². The van der Waals surface area contributed by atoms with E-state index in [4.69, 9.17) is 9.47 Å². The number of hydrogen-bond acceptors (Lipinski definition) is 6. The molecule has 0 bridgehead atoms. The number of benzene rings is 3. The molecule has 10 heteroatoms. The predicted octanol–water partition coefficient (Wildman–Crippen LogP) is 5.19. The van der Waals surface area contributed by atoms with Crippen molar-refractivity contribution >= 4 is 39.4 Å². The fourth-order valence-corrected chi connectivity index (χ4v) is 5.34. The number of ether oxygens (including phenoxy) is 2. The molecule has 3 aromatic carbocycles. The number of nitrogens with one attached hydrogen (secondary N) is 1. The highest BCUT2D eigenvalue weighted by Crippen LogP contribution is 2.49. The molecule has 0 aliphatic carbocycles. The molecule has 1 atom stereocenters. The molecule has 0 spiro atoms. The van der Waals surface area contributed by atoms with Crippen molar-refractivity contribution in [2.45, 2.75) is 38.8 Å². The SMILES string of the molecule is CC(C)(C)OC(=O)N[C@@H]1CCN(c2c(F)cc3c(=O)c(C(=O)O)cn4c3c2Oc2c-4ccc3ccccc23)C1. The predicted molar refractivity (Wildman–Crippen MR) is 144 cm³/mol. The number of carbonyl (C=O) groups excluding carboxylic acids is 1. The first-order chi connectivity index (χ1) is 18.5. The van der Waals surface area contributed by atoms with E-state index in [2.05, 4.69) is 5.32 Å². The summed E-state index contributed by atoms with van der Waals surface area (Å²) < 4.78 is 29.2. The van der Waals surface area contributed by atoms with Crippen LogP contribution in [0.2, 0.25) is 0 Å². The van der Waals surface area contributed by atoms with E-state index in [0.717, 1.165) is 16.8 Å². The van der Waals surface area contributed by atoms with E-state index in [1.165, 1.54) is 6.20 Å². The summed E-state index contributed by atoms with van der Waals surface area (Å²) in [5, 5.41) is 14.1. The Morgan fingerprint density at radius 3 is 2.64 bits per heavy atom. The number of anilines is 1. The normalized spacial score (nSPS) is 16.2. The Kier molecular flexibility index (Phi) is 5.53. The first-order valence-corrected chi connectivity index (χ1v) is 12.6. The number of aromatic carboxylic acids is 1. The van der Waals surface area contributed by atoms with Crippen LogP contribution in [-0.4, -0.2) is 46.5 Å². The van der Waals surface area contributed by atoms with E-state index in [9.17, 15) is 19.5 Å². The molecule has 2 N–H and O–H groups in total. The van der Waals surface area contributed by atoms with Gasteiger partial charge in [0.15, 0.2) is 17.3 Å². The highest BCUT2D eigenvalue weighted by Gasteiger charge is 2.34. The van der Waals surface area contributed by atoms with Crippen LogP contribution in [0, 0.1) is 5.82 Å². The molecule has 1 fully saturated rings. The third-order valence-corrected chi connectivity index (χ3v) is 6.95. The number of hydrogen-bond donors (Lipinski definition) is 2. The van der Waals surface area contributed by atoms with Crippen molar-refractivity contribution in [2.24, 2.45) is 0 Å². The number of rotatable bonds is 3. The van der Waals surface area contributed by atoms with Gasteiger partial charge in [0.2, 0.25) is 5.43 Å². The molecule has 1 aromatic heterocycles. The lowest BCUT2D eigenvalue weighted by Gasteiger charge is -2.30. The number of aromatic nitrogens is 1. The van der Waals surface area contributed by atoms with Gasteiger partial charge >= 0.3 is 12.1 Å². The Balaban J connectivity index is 1.51. The molecule has 200 valence electrons. The van der Waals surface area contributed by atoms with Crippen molar-refractivity contribution in [1.82, 2.24) is 9.88 Å². The minimum atomic E-state index is -1.40. The number of alkyl carbamates (subject to hydrolysis) is 1. The maximum Gasteiger partial charge on any atom is 0.407 e. The number of carboxylic acid groups (broad SMARTS) is 1. The zero-order valence-electron chi connectivity index (χ0n) is 21.6. The molecule has 0 saturated carbocycles. The standard InChI is InChI=1S/C29H26FN3O6/c1-29(2,3)39-28(37)31-16-10-11-32(13-16)23-20(30)12-18-22-26(23)38-25-17-7-5-4-6-15(17)8-9-21(25)33(22)14-19(24(18)34)27(35)36/h4-9,12,14,16H,10-11,13H2,1-3H3,(H,31,37)(H,35,36)/t16-/m1/s1. The fraction of sp³-hybridized carbons (Fsp3) is 0.276. The van der Waals surface area contributed by atoms with Crippen LogP contribution in [-0.2, 0) is 4.74 Å². The Hall–Kier alpha value is -4.60. The first-order valence-electron chi connectivity index (χ1n) is 12.6. The van der Waals surface area contributed by atoms with Crippen molar-refractivity contribution in [1.29, 1.82) is 0 Å². The van der Waals surface area contributed by atoms with E-state index in [-0.39, 0.29) is 34.9 Å². The molecule has 0 radical (unpaired) electrons. The molecule has 3 heterocycles. The number of pyridine rings is 1. The van der Waals surface area contributed by atoms with Crippen LogP contribution in [0.4, 0.5) is 14.9 Å². The van der Waals surface area contributed by atoms with Crippen LogP contribution in [0.25, 0.3) is 27.4 Å². The van der Waals surface area contributed by atoms with Gasteiger partial charge in [-0.05, 0) is 44.7 Å². The summed E-state index contributed by atoms with van der Waals surface area (Å²) in [6.07, 6.45) is 1.26. The maximum absolute atomic E-state index is 15.9. The van der Waals surface area contributed by atoms with Gasteiger partial charge in [-0.15, -0.1) is 0 Å². The molecule has 39 heavy (non-hydrogen) atoms. The number of carboxylic acids is 1. The van der Waals surface area contributed by atoms with Gasteiger partial charge in [-0.1, -0.05) is 30.3 Å². The highest BCUT2D eigenvalue weighted by molar-refractivity contribution is 6.01. The summed E-state index contributed by atoms with van der Waals surface area (Å²) in [5.74, 6) is -1.57. The van der Waals surface area contributed by atoms with E-state index in [1.807, 2.05) is 30.3 Å². The van der Waals surface area contributed by atoms with Crippen molar-refractivity contribution in [3.8, 4) is 17.2 Å². The highest BCUT2D eigenvalue weighted by atomic mass is 19.1. The van der Waals surface area contributed by atoms with Gasteiger partial charge in [0, 0.05) is 24.7 Å². The number of nitrogens with zero attached hydrogens (tertiary/aromatic N) is 2. The van der Waals surface area contributed by atoms with Gasteiger partial charge in [0.1, 0.15) is 22.4 Å². The lowest BCUT2D eigenvalue weighted by Crippen LogP contribution is -2.40. The topological polar surface area (TPSA) is 110 Å². The van der Waals surface area contributed by atoms with Crippen molar-refractivity contribution in [3.05, 3.63) is 70.3 Å². The van der Waals surface area contributed by atoms with E-state index in [0.29, 0.717) is 24.4 Å². The molecule has 2 aliphatic heterocycles. The number of carbonyl (C=O) groups is 2. The van der Waals surface area contributed by atoms with Crippen LogP contribution < -0.4 is 20.4 Å². The first kappa shape index (κ1) is 24.7. The second kappa shape index (κ2) is 8.72. The molecule has 6 rings (SSSR count). The second-order valence-corrected chi connectivity index (χ2v) is 10.8. The quantitative estimate of drug-likeness (QED) is 0.330. The van der Waals surface area contributed by atoms with Crippen LogP contribution in [0.3, 0.4) is 0 Å². The Morgan fingerprint density at radius 1 is 1.13 bits per heavy atom. The molecular weight excluding hydrogens is 505 g/mol. The zero-order chi connectivity index (χ0) is 27.6. The molecule has 1 amide bonds. The monoisotopic (exact) mass is 531 g/mol. The maximum atomic E-state index is 15.9. The fourth-order valence-electron chi connectivity index (χ4n) is 5.34. The van der Waals surface area contributed by atoms with Gasteiger partial charge in [-0.25, -0.2) is 14.0 Å². The Labute approximate surface area is 222 Å². The van der Waals surface area contributed by atoms with Crippen molar-refractivity contribution in [2.75, 3.05) is 18.0 Å². The number of fused-ring (bicyclic) bond motifs is 4. The molecule has 2 aliphatic rings. The molecule has 1 saturated heterocycles. The summed E-state index contributed by atoms with van der Waals surface area (Å²) in [7, 11) is 0. The minimum absolute atomic E-state index is 0.0902. The van der Waals surface area contributed by atoms with Gasteiger partial charge in [0.25, 0.3) is 0 Å². The van der Waals surface area contributed by atoms with Crippen LogP contribution in [0.5, 0.6) is 11.5 Å². The molecule has 0 unspecified atom stereocenters. The van der Waals surface area contributed by atoms with E-state index in [1.54, 1.807) is 36.3 Å². The summed E-state index contributed by atoms with van der Waals surface area (Å²) in [4.78, 5) is 39.2. The lowest BCUT2D eigenvalue weighted by molar-refractivity contribution is 0.0508. The summed E-state index contributed by atoms with van der Waals surface area (Å²) >= 11 is 0. The number of halogens is 1. The largest absolute Gasteiger partial charge is 0.477 e. The minimum Gasteiger partial charge on any atom is -0.477 e. The summed E-state index contributed by atoms with van der Waals surface area (Å²) in [6.45, 7) is 6.03. The van der Waals surface area contributed by atoms with E-state index >= 15 is 4.39 Å². The smallest absolute Gasteiger partial charge is 0.407 e. The zero-order valence-corrected chi connectivity index (χ0v) is 21.6. The van der Waals surface area contributed by atoms with Gasteiger partial charge in [-0.2, -0.15) is 0 Å². The average Bonchev–Trinajstić information content (AvgIpc) is 3.31. The molecular formula is C29H26FN3O6. The second-order valence-electron chi connectivity index (χ2n) is 10.8. The Bertz CT molecular complexity index is 1760. The lowest BCUT2D eigenvalue weighted by atomic mass is 10.0. The molecule has 4 aromatic rings. The van der Waals surface area contributed by atoms with Crippen LogP contribution >= 0.6 is 0 Å². The van der Waals surface area contributed by atoms with Crippen molar-refractivity contribution < 1.29 is 28.6 Å². The van der Waals surface area contributed by atoms with E-state index < -0.39 is 34.5 Å². The molecule has 9 nitrogen and oxygen atoms in total. The van der Waals surface area contributed by atoms with Gasteiger partial charge in [-0.3, -0.25) is 4.79 Å². The van der Waals surface area contributed by atoms with Crippen LogP contribution in [0.15, 0.2) is 53.5 Å². The van der Waals surface area contributed by atoms with Gasteiger partial charge < -0.3 is 29.4 Å². The third kappa shape index (κ3) is 4.12. The van der Waals surface area contributed by atoms with Crippen LogP contribution in [0.1, 0.15) is 37.6 Å². The summed E-state index contributed by atoms with van der Waals surface area (Å²) in [6, 6.07) is 12.0. The Morgan fingerprint density at radius 2 is 1.90 bits per heavy atom. The number of amides is 1. The summed E-state index contributed by atoms with van der Waals surface area (Å²) in [5.41, 5.74) is -0.946. The van der Waals surface area contributed by atoms with Crippen molar-refractivity contribution in [3.63, 3.8) is 0 Å². The third-order valence-electron chi connectivity index (χ3n) is 6.95.